The van der Waals surface area contributed by atoms with E-state index in [4.69, 9.17) is 0 Å². The topological polar surface area (TPSA) is 52.0 Å². The van der Waals surface area contributed by atoms with E-state index >= 15 is 0 Å². The van der Waals surface area contributed by atoms with E-state index in [2.05, 4.69) is 4.98 Å². The molecule has 1 heterocycles. The smallest absolute Gasteiger partial charge is 0.262 e. The Kier molecular flexibility index (Phi) is 5.28. The molecule has 0 amide bonds. The first-order valence-corrected chi connectivity index (χ1v) is 9.58. The van der Waals surface area contributed by atoms with E-state index in [0.717, 1.165) is 11.1 Å². The number of hydrogen-bond acceptors (Lipinski definition) is 4. The summed E-state index contributed by atoms with van der Waals surface area (Å²) in [5.41, 5.74) is 3.56. The molecule has 3 aromatic rings. The van der Waals surface area contributed by atoms with Gasteiger partial charge in [-0.15, -0.1) is 0 Å². The number of aryl methyl sites for hydroxylation is 2. The van der Waals surface area contributed by atoms with Crippen LogP contribution in [0, 0.1) is 13.8 Å². The lowest BCUT2D eigenvalue weighted by molar-refractivity contribution is 0.0993. The van der Waals surface area contributed by atoms with Crippen LogP contribution in [0.1, 0.15) is 35.3 Å². The lowest BCUT2D eigenvalue weighted by Gasteiger charge is -2.15. The highest BCUT2D eigenvalue weighted by Gasteiger charge is 2.20. The Morgan fingerprint density at radius 2 is 1.88 bits per heavy atom. The van der Waals surface area contributed by atoms with Crippen LogP contribution in [0.5, 0.6) is 0 Å². The second kappa shape index (κ2) is 7.46. The minimum atomic E-state index is -0.331. The van der Waals surface area contributed by atoms with Gasteiger partial charge in [0, 0.05) is 12.1 Å². The van der Waals surface area contributed by atoms with Gasteiger partial charge in [-0.3, -0.25) is 14.2 Å². The number of nitrogens with zero attached hydrogens (tertiary/aromatic N) is 2. The molecule has 0 radical (unpaired) electrons. The summed E-state index contributed by atoms with van der Waals surface area (Å²) in [5, 5.41) is 0.857. The Hall–Kier alpha value is -2.40. The third-order valence-corrected chi connectivity index (χ3v) is 5.68. The maximum absolute atomic E-state index is 12.8. The Balaban J connectivity index is 1.96. The second-order valence-corrected chi connectivity index (χ2v) is 7.69. The summed E-state index contributed by atoms with van der Waals surface area (Å²) in [6.07, 6.45) is 0. The van der Waals surface area contributed by atoms with Crippen molar-refractivity contribution in [3.8, 4) is 0 Å². The van der Waals surface area contributed by atoms with E-state index < -0.39 is 0 Å². The van der Waals surface area contributed by atoms with Gasteiger partial charge in [-0.25, -0.2) is 4.98 Å². The number of fused-ring (bicyclic) bond motifs is 1. The van der Waals surface area contributed by atoms with Gasteiger partial charge in [-0.2, -0.15) is 0 Å². The van der Waals surface area contributed by atoms with E-state index in [1.165, 1.54) is 11.8 Å². The number of rotatable bonds is 5. The number of thioether (sulfide) groups is 1. The van der Waals surface area contributed by atoms with E-state index in [0.29, 0.717) is 28.2 Å². The normalized spacial score (nSPS) is 12.3. The van der Waals surface area contributed by atoms with Crippen LogP contribution in [0.15, 0.2) is 52.4 Å². The number of benzene rings is 2. The van der Waals surface area contributed by atoms with Crippen LogP contribution in [0.25, 0.3) is 10.9 Å². The molecule has 0 aliphatic heterocycles. The molecule has 1 unspecified atom stereocenters. The van der Waals surface area contributed by atoms with Gasteiger partial charge in [-0.05, 0) is 57.0 Å². The molecule has 2 aromatic carbocycles. The first kappa shape index (κ1) is 18.4. The van der Waals surface area contributed by atoms with Crippen LogP contribution < -0.4 is 5.56 Å². The van der Waals surface area contributed by atoms with Crippen LogP contribution >= 0.6 is 11.8 Å². The van der Waals surface area contributed by atoms with Crippen LogP contribution in [0.2, 0.25) is 0 Å². The summed E-state index contributed by atoms with van der Waals surface area (Å²) in [5.74, 6) is 0.0446. The zero-order valence-corrected chi connectivity index (χ0v) is 16.3. The fourth-order valence-corrected chi connectivity index (χ4v) is 3.91. The Labute approximate surface area is 157 Å². The summed E-state index contributed by atoms with van der Waals surface area (Å²) < 4.78 is 1.64. The highest BCUT2D eigenvalue weighted by molar-refractivity contribution is 8.00. The third-order valence-electron chi connectivity index (χ3n) is 4.59. The van der Waals surface area contributed by atoms with Gasteiger partial charge in [0.1, 0.15) is 0 Å². The molecule has 0 aliphatic rings. The second-order valence-electron chi connectivity index (χ2n) is 6.38. The number of hydrogen-bond donors (Lipinski definition) is 0. The molecule has 0 spiro atoms. The molecular formula is C21H22N2O2S. The number of carbonyl (C=O) groups excluding carboxylic acids is 1. The molecule has 0 bridgehead atoms. The molecule has 5 heteroatoms. The number of para-hydroxylation sites is 1. The van der Waals surface area contributed by atoms with Gasteiger partial charge in [-0.1, -0.05) is 36.0 Å². The third kappa shape index (κ3) is 3.44. The van der Waals surface area contributed by atoms with E-state index in [-0.39, 0.29) is 16.6 Å². The minimum Gasteiger partial charge on any atom is -0.293 e. The zero-order chi connectivity index (χ0) is 18.8. The van der Waals surface area contributed by atoms with Crippen molar-refractivity contribution < 1.29 is 4.79 Å². The summed E-state index contributed by atoms with van der Waals surface area (Å²) in [4.78, 5) is 30.2. The molecule has 26 heavy (non-hydrogen) atoms. The zero-order valence-electron chi connectivity index (χ0n) is 15.4. The molecular weight excluding hydrogens is 344 g/mol. The van der Waals surface area contributed by atoms with Crippen molar-refractivity contribution >= 4 is 28.4 Å². The van der Waals surface area contributed by atoms with Gasteiger partial charge in [0.15, 0.2) is 10.9 Å². The standard InChI is InChI=1S/C21H22N2O2S/c1-5-23-20(25)17-8-6-7-9-18(17)22-21(23)26-15(4)19(24)16-11-10-13(2)14(3)12-16/h6-12,15H,5H2,1-4H3. The number of Topliss-reactive ketones (excluding diaryl/α,β-unsaturated/α-hetero) is 1. The van der Waals surface area contributed by atoms with Crippen LogP contribution in [-0.2, 0) is 6.54 Å². The summed E-state index contributed by atoms with van der Waals surface area (Å²) >= 11 is 1.34. The fraction of sp³-hybridized carbons (Fsp3) is 0.286. The molecule has 0 fully saturated rings. The lowest BCUT2D eigenvalue weighted by atomic mass is 10.0. The summed E-state index contributed by atoms with van der Waals surface area (Å²) in [6, 6.07) is 13.1. The predicted molar refractivity (Wildman–Crippen MR) is 107 cm³/mol. The fourth-order valence-electron chi connectivity index (χ4n) is 2.86. The van der Waals surface area contributed by atoms with Gasteiger partial charge in [0.05, 0.1) is 16.2 Å². The Morgan fingerprint density at radius 1 is 1.15 bits per heavy atom. The molecule has 1 aromatic heterocycles. The summed E-state index contributed by atoms with van der Waals surface area (Å²) in [6.45, 7) is 8.33. The van der Waals surface area contributed by atoms with Crippen LogP contribution in [-0.4, -0.2) is 20.6 Å². The molecule has 1 atom stereocenters. The van der Waals surface area contributed by atoms with Gasteiger partial charge < -0.3 is 0 Å². The van der Waals surface area contributed by atoms with Crippen LogP contribution in [0.4, 0.5) is 0 Å². The highest BCUT2D eigenvalue weighted by Crippen LogP contribution is 2.25. The van der Waals surface area contributed by atoms with Gasteiger partial charge in [0.2, 0.25) is 0 Å². The predicted octanol–water partition coefficient (Wildman–Crippen LogP) is 4.40. The first-order chi connectivity index (χ1) is 12.4. The molecule has 0 saturated heterocycles. The Morgan fingerprint density at radius 3 is 2.58 bits per heavy atom. The number of carbonyl (C=O) groups is 1. The van der Waals surface area contributed by atoms with Crippen LogP contribution in [0.3, 0.4) is 0 Å². The van der Waals surface area contributed by atoms with E-state index in [1.54, 1.807) is 10.6 Å². The SMILES string of the molecule is CCn1c(SC(C)C(=O)c2ccc(C)c(C)c2)nc2ccccc2c1=O. The molecule has 0 aliphatic carbocycles. The molecule has 4 nitrogen and oxygen atoms in total. The maximum atomic E-state index is 12.8. The molecule has 134 valence electrons. The van der Waals surface area contributed by atoms with Gasteiger partial charge >= 0.3 is 0 Å². The van der Waals surface area contributed by atoms with Crippen molar-refractivity contribution in [2.24, 2.45) is 0 Å². The van der Waals surface area contributed by atoms with Crippen molar-refractivity contribution in [1.82, 2.24) is 9.55 Å². The molecule has 0 saturated carbocycles. The largest absolute Gasteiger partial charge is 0.293 e. The highest BCUT2D eigenvalue weighted by atomic mass is 32.2. The molecule has 0 N–H and O–H groups in total. The van der Waals surface area contributed by atoms with Crippen molar-refractivity contribution in [3.05, 3.63) is 69.5 Å². The minimum absolute atomic E-state index is 0.0446. The lowest BCUT2D eigenvalue weighted by Crippen LogP contribution is -2.24. The van der Waals surface area contributed by atoms with Gasteiger partial charge in [0.25, 0.3) is 5.56 Å². The van der Waals surface area contributed by atoms with Crippen molar-refractivity contribution in [2.45, 2.75) is 44.6 Å². The van der Waals surface area contributed by atoms with E-state index in [9.17, 15) is 9.59 Å². The number of ketones is 1. The molecule has 3 rings (SSSR count). The van der Waals surface area contributed by atoms with Crippen molar-refractivity contribution in [1.29, 1.82) is 0 Å². The monoisotopic (exact) mass is 366 g/mol. The quantitative estimate of drug-likeness (QED) is 0.382. The van der Waals surface area contributed by atoms with Crippen molar-refractivity contribution in [2.75, 3.05) is 0 Å². The first-order valence-electron chi connectivity index (χ1n) is 8.70. The number of aromatic nitrogens is 2. The van der Waals surface area contributed by atoms with Crippen molar-refractivity contribution in [3.63, 3.8) is 0 Å². The van der Waals surface area contributed by atoms with E-state index in [1.807, 2.05) is 64.1 Å². The average molecular weight is 366 g/mol. The maximum Gasteiger partial charge on any atom is 0.262 e. The Bertz CT molecular complexity index is 1040. The average Bonchev–Trinajstić information content (AvgIpc) is 2.63. The summed E-state index contributed by atoms with van der Waals surface area (Å²) in [7, 11) is 0.